The first kappa shape index (κ1) is 14.3. The van der Waals surface area contributed by atoms with Gasteiger partial charge in [0.25, 0.3) is 0 Å². The average molecular weight is 237 g/mol. The second-order valence-electron chi connectivity index (χ2n) is 5.49. The molecule has 0 amide bonds. The molecule has 0 fully saturated rings. The van der Waals surface area contributed by atoms with Gasteiger partial charge in [-0.1, -0.05) is 27.7 Å². The molecule has 0 saturated heterocycles. The van der Waals surface area contributed by atoms with E-state index in [1.807, 2.05) is 6.07 Å². The molecule has 1 aromatic rings. The minimum absolute atomic E-state index is 0.374. The first-order valence-corrected chi connectivity index (χ1v) is 6.90. The van der Waals surface area contributed by atoms with E-state index in [0.717, 1.165) is 37.0 Å². The van der Waals surface area contributed by atoms with Gasteiger partial charge in [-0.05, 0) is 49.8 Å². The Balaban J connectivity index is 2.51. The minimum atomic E-state index is 0.374. The highest BCUT2D eigenvalue weighted by Gasteiger charge is 2.17. The summed E-state index contributed by atoms with van der Waals surface area (Å²) in [6.45, 7) is 10.2. The van der Waals surface area contributed by atoms with Crippen LogP contribution >= 0.6 is 0 Å². The van der Waals surface area contributed by atoms with Crippen LogP contribution in [0, 0.1) is 11.8 Å². The van der Waals surface area contributed by atoms with E-state index in [1.54, 1.807) is 6.26 Å². The average Bonchev–Trinajstić information content (AvgIpc) is 2.76. The molecule has 98 valence electrons. The number of hydrogen-bond donors (Lipinski definition) is 1. The molecule has 2 heteroatoms. The molecule has 1 N–H and O–H groups in total. The van der Waals surface area contributed by atoms with Gasteiger partial charge in [0.1, 0.15) is 5.76 Å². The third-order valence-corrected chi connectivity index (χ3v) is 3.04. The quantitative estimate of drug-likeness (QED) is 0.725. The zero-order chi connectivity index (χ0) is 12.7. The van der Waals surface area contributed by atoms with Gasteiger partial charge in [0, 0.05) is 0 Å². The Bertz CT molecular complexity index is 279. The van der Waals surface area contributed by atoms with Crippen molar-refractivity contribution in [3.63, 3.8) is 0 Å². The Morgan fingerprint density at radius 2 is 2.00 bits per heavy atom. The largest absolute Gasteiger partial charge is 0.468 e. The molecule has 0 spiro atoms. The fraction of sp³-hybridized carbons (Fsp3) is 0.733. The Morgan fingerprint density at radius 3 is 2.53 bits per heavy atom. The zero-order valence-corrected chi connectivity index (χ0v) is 11.7. The third-order valence-electron chi connectivity index (χ3n) is 3.04. The van der Waals surface area contributed by atoms with Crippen molar-refractivity contribution in [2.24, 2.45) is 11.8 Å². The lowest BCUT2D eigenvalue weighted by molar-refractivity contribution is 0.322. The normalized spacial score (nSPS) is 15.1. The second-order valence-corrected chi connectivity index (χ2v) is 5.49. The molecule has 1 aromatic heterocycles. The highest BCUT2D eigenvalue weighted by molar-refractivity contribution is 5.04. The Kier molecular flexibility index (Phi) is 6.35. The predicted octanol–water partition coefficient (Wildman–Crippen LogP) is 4.39. The minimum Gasteiger partial charge on any atom is -0.468 e. The number of nitrogens with one attached hydrogen (secondary N) is 1. The van der Waals surface area contributed by atoms with Gasteiger partial charge in [-0.25, -0.2) is 0 Å². The van der Waals surface area contributed by atoms with Crippen LogP contribution in [-0.2, 0) is 0 Å². The number of furan rings is 1. The molecule has 0 radical (unpaired) electrons. The molecule has 0 bridgehead atoms. The van der Waals surface area contributed by atoms with E-state index in [9.17, 15) is 0 Å². The van der Waals surface area contributed by atoms with Crippen LogP contribution in [0.25, 0.3) is 0 Å². The second kappa shape index (κ2) is 7.54. The first-order valence-electron chi connectivity index (χ1n) is 6.90. The molecule has 0 aliphatic rings. The summed E-state index contributed by atoms with van der Waals surface area (Å²) in [6, 6.07) is 4.43. The zero-order valence-electron chi connectivity index (χ0n) is 11.7. The maximum atomic E-state index is 5.54. The van der Waals surface area contributed by atoms with E-state index in [1.165, 1.54) is 6.42 Å². The highest BCUT2D eigenvalue weighted by atomic mass is 16.3. The van der Waals surface area contributed by atoms with Gasteiger partial charge in [-0.15, -0.1) is 0 Å². The summed E-state index contributed by atoms with van der Waals surface area (Å²) in [7, 11) is 0. The molecule has 1 rings (SSSR count). The van der Waals surface area contributed by atoms with Gasteiger partial charge < -0.3 is 9.73 Å². The molecule has 17 heavy (non-hydrogen) atoms. The van der Waals surface area contributed by atoms with Crippen LogP contribution in [0.1, 0.15) is 58.8 Å². The monoisotopic (exact) mass is 237 g/mol. The molecular formula is C15H27NO. The van der Waals surface area contributed by atoms with E-state index >= 15 is 0 Å². The SMILES string of the molecule is CCCNC(CC(C)CC(C)C)c1ccco1. The third kappa shape index (κ3) is 5.40. The van der Waals surface area contributed by atoms with Crippen molar-refractivity contribution in [2.75, 3.05) is 6.54 Å². The van der Waals surface area contributed by atoms with Gasteiger partial charge >= 0.3 is 0 Å². The molecule has 0 aromatic carbocycles. The number of hydrogen-bond acceptors (Lipinski definition) is 2. The van der Waals surface area contributed by atoms with Crippen molar-refractivity contribution < 1.29 is 4.42 Å². The molecular weight excluding hydrogens is 210 g/mol. The summed E-state index contributed by atoms with van der Waals surface area (Å²) in [5, 5.41) is 3.58. The van der Waals surface area contributed by atoms with Crippen molar-refractivity contribution >= 4 is 0 Å². The Labute approximate surface area is 106 Å². The first-order chi connectivity index (χ1) is 8.13. The molecule has 2 nitrogen and oxygen atoms in total. The highest BCUT2D eigenvalue weighted by Crippen LogP contribution is 2.25. The van der Waals surface area contributed by atoms with Crippen LogP contribution in [0.5, 0.6) is 0 Å². The van der Waals surface area contributed by atoms with Crippen molar-refractivity contribution in [1.82, 2.24) is 5.32 Å². The molecule has 0 aliphatic heterocycles. The van der Waals surface area contributed by atoms with Crippen LogP contribution in [-0.4, -0.2) is 6.54 Å². The van der Waals surface area contributed by atoms with Crippen molar-refractivity contribution in [3.05, 3.63) is 24.2 Å². The van der Waals surface area contributed by atoms with Crippen molar-refractivity contribution in [1.29, 1.82) is 0 Å². The van der Waals surface area contributed by atoms with E-state index in [0.29, 0.717) is 6.04 Å². The van der Waals surface area contributed by atoms with Gasteiger partial charge in [0.2, 0.25) is 0 Å². The molecule has 2 unspecified atom stereocenters. The lowest BCUT2D eigenvalue weighted by Gasteiger charge is -2.21. The van der Waals surface area contributed by atoms with E-state index in [2.05, 4.69) is 39.1 Å². The van der Waals surface area contributed by atoms with Gasteiger partial charge in [-0.2, -0.15) is 0 Å². The lowest BCUT2D eigenvalue weighted by atomic mass is 9.92. The smallest absolute Gasteiger partial charge is 0.120 e. The Hall–Kier alpha value is -0.760. The summed E-state index contributed by atoms with van der Waals surface area (Å²) in [6.07, 6.45) is 5.37. The molecule has 1 heterocycles. The van der Waals surface area contributed by atoms with E-state index in [-0.39, 0.29) is 0 Å². The molecule has 2 atom stereocenters. The van der Waals surface area contributed by atoms with Crippen LogP contribution in [0.2, 0.25) is 0 Å². The topological polar surface area (TPSA) is 25.2 Å². The standard InChI is InChI=1S/C15H27NO/c1-5-8-16-14(15-7-6-9-17-15)11-13(4)10-12(2)3/h6-7,9,12-14,16H,5,8,10-11H2,1-4H3. The summed E-state index contributed by atoms with van der Waals surface area (Å²) in [5.41, 5.74) is 0. The molecule has 0 aliphatic carbocycles. The van der Waals surface area contributed by atoms with Crippen LogP contribution in [0.4, 0.5) is 0 Å². The van der Waals surface area contributed by atoms with Crippen LogP contribution in [0.3, 0.4) is 0 Å². The summed E-state index contributed by atoms with van der Waals surface area (Å²) in [5.74, 6) is 2.58. The maximum Gasteiger partial charge on any atom is 0.120 e. The fourth-order valence-electron chi connectivity index (χ4n) is 2.41. The van der Waals surface area contributed by atoms with E-state index < -0.39 is 0 Å². The summed E-state index contributed by atoms with van der Waals surface area (Å²) in [4.78, 5) is 0. The van der Waals surface area contributed by atoms with Crippen molar-refractivity contribution in [3.8, 4) is 0 Å². The maximum absolute atomic E-state index is 5.54. The predicted molar refractivity (Wildman–Crippen MR) is 73.0 cm³/mol. The molecule has 0 saturated carbocycles. The van der Waals surface area contributed by atoms with E-state index in [4.69, 9.17) is 4.42 Å². The summed E-state index contributed by atoms with van der Waals surface area (Å²) < 4.78 is 5.54. The Morgan fingerprint density at radius 1 is 1.24 bits per heavy atom. The fourth-order valence-corrected chi connectivity index (χ4v) is 2.41. The van der Waals surface area contributed by atoms with Crippen LogP contribution < -0.4 is 5.32 Å². The van der Waals surface area contributed by atoms with Gasteiger partial charge in [-0.3, -0.25) is 0 Å². The van der Waals surface area contributed by atoms with Gasteiger partial charge in [0.15, 0.2) is 0 Å². The number of rotatable bonds is 8. The van der Waals surface area contributed by atoms with Gasteiger partial charge in [0.05, 0.1) is 12.3 Å². The lowest BCUT2D eigenvalue weighted by Crippen LogP contribution is -2.24. The van der Waals surface area contributed by atoms with Crippen molar-refractivity contribution in [2.45, 2.75) is 53.0 Å². The summed E-state index contributed by atoms with van der Waals surface area (Å²) >= 11 is 0. The van der Waals surface area contributed by atoms with Crippen LogP contribution in [0.15, 0.2) is 22.8 Å².